The first-order valence-electron chi connectivity index (χ1n) is 7.74. The number of rotatable bonds is 8. The van der Waals surface area contributed by atoms with Crippen LogP contribution in [0, 0.1) is 0 Å². The summed E-state index contributed by atoms with van der Waals surface area (Å²) in [6.45, 7) is 0.685. The van der Waals surface area contributed by atoms with Crippen molar-refractivity contribution in [2.45, 2.75) is 31.1 Å². The molecular formula is C14H22Cl3N3O6. The average Bonchev–Trinajstić information content (AvgIpc) is 2.85. The molecule has 1 aromatic rings. The Morgan fingerprint density at radius 1 is 1.19 bits per heavy atom. The van der Waals surface area contributed by atoms with Crippen molar-refractivity contribution in [1.29, 1.82) is 0 Å². The molecule has 0 aliphatic carbocycles. The smallest absolute Gasteiger partial charge is 0.330 e. The van der Waals surface area contributed by atoms with Crippen molar-refractivity contribution in [3.63, 3.8) is 0 Å². The third-order valence-corrected chi connectivity index (χ3v) is 4.37. The molecule has 26 heavy (non-hydrogen) atoms. The van der Waals surface area contributed by atoms with E-state index in [1.165, 1.54) is 6.20 Å². The Bertz CT molecular complexity index is 679. The molecule has 1 saturated heterocycles. The summed E-state index contributed by atoms with van der Waals surface area (Å²) in [5.41, 5.74) is -1.10. The lowest BCUT2D eigenvalue weighted by atomic mass is 10.1. The Kier molecular flexibility index (Phi) is 9.56. The van der Waals surface area contributed by atoms with Crippen molar-refractivity contribution in [1.82, 2.24) is 14.5 Å². The Balaban J connectivity index is 0.00000338. The van der Waals surface area contributed by atoms with Gasteiger partial charge in [-0.05, 0) is 0 Å². The van der Waals surface area contributed by atoms with Crippen LogP contribution in [0.2, 0.25) is 0 Å². The molecule has 0 unspecified atom stereocenters. The number of alkyl halides is 2. The topological polar surface area (TPSA) is 128 Å². The fourth-order valence-electron chi connectivity index (χ4n) is 2.69. The Morgan fingerprint density at radius 2 is 1.81 bits per heavy atom. The van der Waals surface area contributed by atoms with Crippen LogP contribution in [0.5, 0.6) is 0 Å². The molecule has 150 valence electrons. The van der Waals surface area contributed by atoms with Gasteiger partial charge in [-0.25, -0.2) is 4.79 Å². The lowest BCUT2D eigenvalue weighted by Gasteiger charge is -2.21. The van der Waals surface area contributed by atoms with Crippen molar-refractivity contribution < 1.29 is 20.1 Å². The summed E-state index contributed by atoms with van der Waals surface area (Å²) in [7, 11) is 0. The normalized spacial score (nSPS) is 25.5. The maximum Gasteiger partial charge on any atom is 0.330 e. The zero-order valence-corrected chi connectivity index (χ0v) is 16.1. The van der Waals surface area contributed by atoms with E-state index in [-0.39, 0.29) is 24.5 Å². The van der Waals surface area contributed by atoms with Crippen LogP contribution in [0.4, 0.5) is 0 Å². The van der Waals surface area contributed by atoms with E-state index in [2.05, 4.69) is 4.98 Å². The summed E-state index contributed by atoms with van der Waals surface area (Å²) in [5, 5.41) is 29.0. The number of H-pyrrole nitrogens is 1. The lowest BCUT2D eigenvalue weighted by Crippen LogP contribution is -2.40. The summed E-state index contributed by atoms with van der Waals surface area (Å²) >= 11 is 11.5. The molecule has 0 amide bonds. The fourth-order valence-corrected chi connectivity index (χ4v) is 3.17. The minimum absolute atomic E-state index is 0. The predicted molar refractivity (Wildman–Crippen MR) is 98.3 cm³/mol. The highest BCUT2D eigenvalue weighted by atomic mass is 35.5. The van der Waals surface area contributed by atoms with Gasteiger partial charge in [-0.15, -0.1) is 35.6 Å². The van der Waals surface area contributed by atoms with E-state index in [0.29, 0.717) is 24.8 Å². The summed E-state index contributed by atoms with van der Waals surface area (Å²) in [4.78, 5) is 28.2. The molecule has 9 nitrogen and oxygen atoms in total. The SMILES string of the molecule is Cl.O=c1[nH]c(=O)n([C@@H]2O[C@H](CO)[C@@H](O)[C@H]2O)cc1CN(CCCl)CCCl. The first kappa shape index (κ1) is 23.4. The zero-order valence-electron chi connectivity index (χ0n) is 13.8. The number of aromatic nitrogens is 2. The molecule has 0 saturated carbocycles. The second-order valence-electron chi connectivity index (χ2n) is 5.70. The van der Waals surface area contributed by atoms with Crippen LogP contribution in [0.25, 0.3) is 0 Å². The van der Waals surface area contributed by atoms with Gasteiger partial charge in [0.1, 0.15) is 18.3 Å². The molecule has 12 heteroatoms. The van der Waals surface area contributed by atoms with Crippen LogP contribution in [0.3, 0.4) is 0 Å². The van der Waals surface area contributed by atoms with E-state index in [9.17, 15) is 19.8 Å². The predicted octanol–water partition coefficient (Wildman–Crippen LogP) is -1.15. The summed E-state index contributed by atoms with van der Waals surface area (Å²) in [6.07, 6.45) is -3.73. The van der Waals surface area contributed by atoms with Gasteiger partial charge < -0.3 is 20.1 Å². The fraction of sp³-hybridized carbons (Fsp3) is 0.714. The lowest BCUT2D eigenvalue weighted by molar-refractivity contribution is -0.0551. The third-order valence-electron chi connectivity index (χ3n) is 4.03. The van der Waals surface area contributed by atoms with Crippen LogP contribution in [-0.4, -0.2) is 79.5 Å². The molecule has 1 aliphatic heterocycles. The molecule has 1 aromatic heterocycles. The molecule has 2 rings (SSSR count). The standard InChI is InChI=1S/C14H21Cl2N3O6.ClH/c15-1-3-18(4-2-16)5-8-6-19(14(24)17-12(8)23)13-11(22)10(21)9(7-20)25-13;/h6,9-11,13,20-22H,1-5,7H2,(H,17,23,24);1H/t9-,10-,11-,13-;/m1./s1. The molecule has 1 fully saturated rings. The summed E-state index contributed by atoms with van der Waals surface area (Å²) in [5.74, 6) is 0.701. The number of hydrogen-bond acceptors (Lipinski definition) is 7. The van der Waals surface area contributed by atoms with Gasteiger partial charge in [0.15, 0.2) is 6.23 Å². The number of nitrogens with zero attached hydrogens (tertiary/aromatic N) is 2. The quantitative estimate of drug-likeness (QED) is 0.380. The summed E-state index contributed by atoms with van der Waals surface area (Å²) < 4.78 is 6.33. The number of nitrogens with one attached hydrogen (secondary N) is 1. The van der Waals surface area contributed by atoms with Gasteiger partial charge in [0, 0.05) is 43.2 Å². The number of aromatic amines is 1. The Hall–Kier alpha value is -0.650. The van der Waals surface area contributed by atoms with E-state index in [1.807, 2.05) is 4.90 Å². The van der Waals surface area contributed by atoms with E-state index < -0.39 is 42.4 Å². The first-order valence-corrected chi connectivity index (χ1v) is 8.81. The molecular weight excluding hydrogens is 413 g/mol. The first-order chi connectivity index (χ1) is 11.9. The van der Waals surface area contributed by atoms with Gasteiger partial charge in [0.05, 0.1) is 6.61 Å². The molecule has 0 radical (unpaired) electrons. The molecule has 0 aromatic carbocycles. The van der Waals surface area contributed by atoms with Crippen molar-refractivity contribution >= 4 is 35.6 Å². The molecule has 2 heterocycles. The number of hydrogen-bond donors (Lipinski definition) is 4. The van der Waals surface area contributed by atoms with E-state index >= 15 is 0 Å². The highest BCUT2D eigenvalue weighted by molar-refractivity contribution is 6.18. The molecule has 1 aliphatic rings. The van der Waals surface area contributed by atoms with Crippen LogP contribution < -0.4 is 11.2 Å². The van der Waals surface area contributed by atoms with Gasteiger partial charge in [-0.2, -0.15) is 0 Å². The highest BCUT2D eigenvalue weighted by Gasteiger charge is 2.43. The van der Waals surface area contributed by atoms with Gasteiger partial charge in [-0.3, -0.25) is 19.2 Å². The van der Waals surface area contributed by atoms with Crippen LogP contribution in [0.15, 0.2) is 15.8 Å². The number of aliphatic hydroxyl groups is 3. The van der Waals surface area contributed by atoms with E-state index in [4.69, 9.17) is 33.0 Å². The number of aliphatic hydroxyl groups excluding tert-OH is 3. The number of halogens is 3. The van der Waals surface area contributed by atoms with Gasteiger partial charge in [-0.1, -0.05) is 0 Å². The average molecular weight is 435 g/mol. The van der Waals surface area contributed by atoms with Crippen molar-refractivity contribution in [3.05, 3.63) is 32.6 Å². The monoisotopic (exact) mass is 433 g/mol. The zero-order chi connectivity index (χ0) is 18.6. The molecule has 0 bridgehead atoms. The van der Waals surface area contributed by atoms with Crippen molar-refractivity contribution in [2.75, 3.05) is 31.5 Å². The van der Waals surface area contributed by atoms with E-state index in [0.717, 1.165) is 4.57 Å². The minimum atomic E-state index is -1.42. The Labute approximate surface area is 165 Å². The highest BCUT2D eigenvalue weighted by Crippen LogP contribution is 2.28. The van der Waals surface area contributed by atoms with Crippen molar-refractivity contribution in [2.24, 2.45) is 0 Å². The van der Waals surface area contributed by atoms with Crippen molar-refractivity contribution in [3.8, 4) is 0 Å². The third kappa shape index (κ3) is 5.20. The maximum absolute atomic E-state index is 12.1. The molecule has 4 N–H and O–H groups in total. The van der Waals surface area contributed by atoms with Gasteiger partial charge in [0.25, 0.3) is 5.56 Å². The van der Waals surface area contributed by atoms with Gasteiger partial charge >= 0.3 is 5.69 Å². The molecule has 4 atom stereocenters. The number of ether oxygens (including phenoxy) is 1. The maximum atomic E-state index is 12.1. The Morgan fingerprint density at radius 3 is 2.31 bits per heavy atom. The summed E-state index contributed by atoms with van der Waals surface area (Å²) in [6, 6.07) is 0. The van der Waals surface area contributed by atoms with Crippen LogP contribution in [-0.2, 0) is 11.3 Å². The minimum Gasteiger partial charge on any atom is -0.394 e. The second-order valence-corrected chi connectivity index (χ2v) is 6.46. The van der Waals surface area contributed by atoms with E-state index in [1.54, 1.807) is 0 Å². The second kappa shape index (κ2) is 10.6. The largest absolute Gasteiger partial charge is 0.394 e. The van der Waals surface area contributed by atoms with Gasteiger partial charge in [0.2, 0.25) is 0 Å². The van der Waals surface area contributed by atoms with Crippen LogP contribution >= 0.6 is 35.6 Å². The van der Waals surface area contributed by atoms with Crippen LogP contribution in [0.1, 0.15) is 11.8 Å². The molecule has 0 spiro atoms.